The molecule has 0 aliphatic heterocycles. The molecule has 0 fully saturated rings. The van der Waals surface area contributed by atoms with Gasteiger partial charge in [0, 0.05) is 20.1 Å². The fourth-order valence-electron chi connectivity index (χ4n) is 1.58. The highest BCUT2D eigenvalue weighted by Gasteiger charge is 2.08. The van der Waals surface area contributed by atoms with Crippen LogP contribution < -0.4 is 5.32 Å². The molecular weight excluding hydrogens is 231 g/mol. The SMILES string of the molecule is CC(C)CCNC(=O)N(C)Cc1cccc(F)c1. The topological polar surface area (TPSA) is 32.3 Å². The molecule has 2 amide bonds. The van der Waals surface area contributed by atoms with Crippen LogP contribution in [0.1, 0.15) is 25.8 Å². The first-order valence-corrected chi connectivity index (χ1v) is 6.22. The maximum atomic E-state index is 13.0. The molecule has 1 N–H and O–H groups in total. The van der Waals surface area contributed by atoms with E-state index in [-0.39, 0.29) is 11.8 Å². The van der Waals surface area contributed by atoms with Gasteiger partial charge in [0.05, 0.1) is 0 Å². The lowest BCUT2D eigenvalue weighted by atomic mass is 10.1. The smallest absolute Gasteiger partial charge is 0.317 e. The Kier molecular flexibility index (Phi) is 5.62. The number of hydrogen-bond acceptors (Lipinski definition) is 1. The fourth-order valence-corrected chi connectivity index (χ4v) is 1.58. The summed E-state index contributed by atoms with van der Waals surface area (Å²) in [4.78, 5) is 13.3. The highest BCUT2D eigenvalue weighted by atomic mass is 19.1. The van der Waals surface area contributed by atoms with Crippen molar-refractivity contribution in [1.82, 2.24) is 10.2 Å². The van der Waals surface area contributed by atoms with E-state index in [1.54, 1.807) is 24.1 Å². The zero-order valence-corrected chi connectivity index (χ0v) is 11.2. The number of nitrogens with one attached hydrogen (secondary N) is 1. The number of carbonyl (C=O) groups is 1. The number of urea groups is 1. The first-order chi connectivity index (χ1) is 8.49. The highest BCUT2D eigenvalue weighted by Crippen LogP contribution is 2.06. The van der Waals surface area contributed by atoms with Crippen LogP contribution in [0.25, 0.3) is 0 Å². The van der Waals surface area contributed by atoms with E-state index >= 15 is 0 Å². The van der Waals surface area contributed by atoms with Crippen molar-refractivity contribution in [3.8, 4) is 0 Å². The van der Waals surface area contributed by atoms with Gasteiger partial charge in [0.15, 0.2) is 0 Å². The molecule has 4 heteroatoms. The largest absolute Gasteiger partial charge is 0.338 e. The minimum Gasteiger partial charge on any atom is -0.338 e. The van der Waals surface area contributed by atoms with E-state index in [1.165, 1.54) is 12.1 Å². The number of benzene rings is 1. The van der Waals surface area contributed by atoms with Gasteiger partial charge in [-0.25, -0.2) is 9.18 Å². The Bertz CT molecular complexity index is 393. The summed E-state index contributed by atoms with van der Waals surface area (Å²) in [6.45, 7) is 5.31. The molecule has 0 aliphatic rings. The molecule has 18 heavy (non-hydrogen) atoms. The number of amides is 2. The first kappa shape index (κ1) is 14.5. The molecule has 1 aromatic rings. The fraction of sp³-hybridized carbons (Fsp3) is 0.500. The van der Waals surface area contributed by atoms with Crippen LogP contribution >= 0.6 is 0 Å². The second kappa shape index (κ2) is 6.99. The molecule has 0 heterocycles. The molecular formula is C14H21FN2O. The van der Waals surface area contributed by atoms with Gasteiger partial charge in [-0.2, -0.15) is 0 Å². The van der Waals surface area contributed by atoms with Crippen LogP contribution in [0.4, 0.5) is 9.18 Å². The average Bonchev–Trinajstić information content (AvgIpc) is 2.28. The zero-order valence-electron chi connectivity index (χ0n) is 11.2. The Hall–Kier alpha value is -1.58. The monoisotopic (exact) mass is 252 g/mol. The molecule has 0 radical (unpaired) electrons. The van der Waals surface area contributed by atoms with Crippen LogP contribution in [0.2, 0.25) is 0 Å². The normalized spacial score (nSPS) is 10.5. The molecule has 0 aromatic heterocycles. The summed E-state index contributed by atoms with van der Waals surface area (Å²) in [7, 11) is 1.70. The predicted octanol–water partition coefficient (Wildman–Crippen LogP) is 3.01. The molecule has 0 unspecified atom stereocenters. The Morgan fingerprint density at radius 3 is 2.78 bits per heavy atom. The van der Waals surface area contributed by atoms with Crippen LogP contribution in [0.5, 0.6) is 0 Å². The molecule has 0 aliphatic carbocycles. The minimum atomic E-state index is -0.277. The lowest BCUT2D eigenvalue weighted by Gasteiger charge is -2.18. The Labute approximate surface area is 108 Å². The van der Waals surface area contributed by atoms with Crippen LogP contribution in [0, 0.1) is 11.7 Å². The van der Waals surface area contributed by atoms with Gasteiger partial charge < -0.3 is 10.2 Å². The van der Waals surface area contributed by atoms with Gasteiger partial charge in [0.2, 0.25) is 0 Å². The number of nitrogens with zero attached hydrogens (tertiary/aromatic N) is 1. The molecule has 0 atom stereocenters. The highest BCUT2D eigenvalue weighted by molar-refractivity contribution is 5.73. The summed E-state index contributed by atoms with van der Waals surface area (Å²) >= 11 is 0. The van der Waals surface area contributed by atoms with Crippen LogP contribution in [-0.4, -0.2) is 24.5 Å². The zero-order chi connectivity index (χ0) is 13.5. The standard InChI is InChI=1S/C14H21FN2O/c1-11(2)7-8-16-14(18)17(3)10-12-5-4-6-13(15)9-12/h4-6,9,11H,7-8,10H2,1-3H3,(H,16,18). The first-order valence-electron chi connectivity index (χ1n) is 6.22. The molecule has 1 aromatic carbocycles. The summed E-state index contributed by atoms with van der Waals surface area (Å²) in [5.74, 6) is 0.292. The van der Waals surface area contributed by atoms with E-state index in [1.807, 2.05) is 0 Å². The number of carbonyl (C=O) groups excluding carboxylic acids is 1. The van der Waals surface area contributed by atoms with Crippen molar-refractivity contribution in [3.63, 3.8) is 0 Å². The van der Waals surface area contributed by atoms with Crippen LogP contribution in [0.3, 0.4) is 0 Å². The van der Waals surface area contributed by atoms with Gasteiger partial charge in [-0.15, -0.1) is 0 Å². The van der Waals surface area contributed by atoms with Crippen molar-refractivity contribution in [1.29, 1.82) is 0 Å². The van der Waals surface area contributed by atoms with Crippen molar-refractivity contribution < 1.29 is 9.18 Å². The third-order valence-electron chi connectivity index (χ3n) is 2.65. The maximum Gasteiger partial charge on any atom is 0.317 e. The van der Waals surface area contributed by atoms with E-state index in [2.05, 4.69) is 19.2 Å². The van der Waals surface area contributed by atoms with Crippen molar-refractivity contribution in [2.75, 3.05) is 13.6 Å². The van der Waals surface area contributed by atoms with Crippen molar-refractivity contribution in [2.24, 2.45) is 5.92 Å². The quantitative estimate of drug-likeness (QED) is 0.858. The lowest BCUT2D eigenvalue weighted by Crippen LogP contribution is -2.37. The number of rotatable bonds is 5. The Morgan fingerprint density at radius 1 is 1.44 bits per heavy atom. The maximum absolute atomic E-state index is 13.0. The molecule has 3 nitrogen and oxygen atoms in total. The van der Waals surface area contributed by atoms with Crippen LogP contribution in [-0.2, 0) is 6.54 Å². The second-order valence-electron chi connectivity index (χ2n) is 4.90. The van der Waals surface area contributed by atoms with Gasteiger partial charge in [0.1, 0.15) is 5.82 Å². The Morgan fingerprint density at radius 2 is 2.17 bits per heavy atom. The van der Waals surface area contributed by atoms with Crippen molar-refractivity contribution in [2.45, 2.75) is 26.8 Å². The molecule has 0 spiro atoms. The molecule has 0 bridgehead atoms. The van der Waals surface area contributed by atoms with Gasteiger partial charge in [-0.3, -0.25) is 0 Å². The van der Waals surface area contributed by atoms with Crippen LogP contribution in [0.15, 0.2) is 24.3 Å². The average molecular weight is 252 g/mol. The third kappa shape index (κ3) is 5.17. The molecule has 0 saturated heterocycles. The third-order valence-corrected chi connectivity index (χ3v) is 2.65. The van der Waals surface area contributed by atoms with Gasteiger partial charge in [-0.1, -0.05) is 26.0 Å². The van der Waals surface area contributed by atoms with Gasteiger partial charge in [-0.05, 0) is 30.0 Å². The summed E-state index contributed by atoms with van der Waals surface area (Å²) in [5.41, 5.74) is 0.788. The van der Waals surface area contributed by atoms with Crippen molar-refractivity contribution in [3.05, 3.63) is 35.6 Å². The van der Waals surface area contributed by atoms with E-state index in [4.69, 9.17) is 0 Å². The molecule has 0 saturated carbocycles. The molecule has 1 rings (SSSR count). The Balaban J connectivity index is 2.40. The molecule has 100 valence electrons. The van der Waals surface area contributed by atoms with E-state index in [0.717, 1.165) is 12.0 Å². The predicted molar refractivity (Wildman–Crippen MR) is 70.7 cm³/mol. The lowest BCUT2D eigenvalue weighted by molar-refractivity contribution is 0.206. The summed E-state index contributed by atoms with van der Waals surface area (Å²) < 4.78 is 13.0. The number of hydrogen-bond donors (Lipinski definition) is 1. The van der Waals surface area contributed by atoms with Gasteiger partial charge >= 0.3 is 6.03 Å². The van der Waals surface area contributed by atoms with Crippen molar-refractivity contribution >= 4 is 6.03 Å². The second-order valence-corrected chi connectivity index (χ2v) is 4.90. The van der Waals surface area contributed by atoms with E-state index < -0.39 is 0 Å². The van der Waals surface area contributed by atoms with Gasteiger partial charge in [0.25, 0.3) is 0 Å². The summed E-state index contributed by atoms with van der Waals surface area (Å²) in [6, 6.07) is 6.17. The van der Waals surface area contributed by atoms with E-state index in [9.17, 15) is 9.18 Å². The summed E-state index contributed by atoms with van der Waals surface area (Å²) in [5, 5.41) is 2.84. The summed E-state index contributed by atoms with van der Waals surface area (Å²) in [6.07, 6.45) is 0.958. The minimum absolute atomic E-state index is 0.125. The number of halogens is 1. The van der Waals surface area contributed by atoms with E-state index in [0.29, 0.717) is 19.0 Å².